The number of aryl methyl sites for hydroxylation is 3. The van der Waals surface area contributed by atoms with Crippen LogP contribution in [-0.4, -0.2) is 34.7 Å². The van der Waals surface area contributed by atoms with Crippen molar-refractivity contribution in [1.82, 2.24) is 14.8 Å². The summed E-state index contributed by atoms with van der Waals surface area (Å²) in [6.45, 7) is 4.10. The first-order valence-corrected chi connectivity index (χ1v) is 13.7. The molecule has 0 radical (unpaired) electrons. The van der Waals surface area contributed by atoms with Crippen molar-refractivity contribution in [2.75, 3.05) is 0 Å². The van der Waals surface area contributed by atoms with Crippen LogP contribution >= 0.6 is 0 Å². The van der Waals surface area contributed by atoms with Crippen molar-refractivity contribution < 1.29 is 53.4 Å². The molecule has 1 N–H and O–H groups in total. The number of hydrogen-bond donors (Lipinski definition) is 1. The topological polar surface area (TPSA) is 107 Å². The number of aliphatic hydroxyl groups excluding tert-OH is 1. The summed E-state index contributed by atoms with van der Waals surface area (Å²) in [7, 11) is 0. The summed E-state index contributed by atoms with van der Waals surface area (Å²) in [6.07, 6.45) is -9.61. The Balaban J connectivity index is 0.00000154. The highest BCUT2D eigenvalue weighted by Crippen LogP contribution is 2.40. The lowest BCUT2D eigenvalue weighted by Gasteiger charge is -2.15. The van der Waals surface area contributed by atoms with Crippen molar-refractivity contribution in [1.29, 1.82) is 0 Å². The quantitative estimate of drug-likeness (QED) is 0.185. The smallest absolute Gasteiger partial charge is 0.440 e. The van der Waals surface area contributed by atoms with Gasteiger partial charge in [0, 0.05) is 29.3 Å². The standard InChI is InChI=1S/C30H22F7N3O3.O2S/c1-15-10-20(13-24(31)23(15)14-41)19-6-9-25(40-16(2)11-26(39-40)29(32,33)34)22(12-19)28-27(38-17(3)42-28)18-4-7-21(8-5-18)43-30(35,36)37;1-3-2/h4-13,41H,14H2,1-3H3;. The maximum atomic E-state index is 14.8. The molecule has 0 spiro atoms. The second-order valence-electron chi connectivity index (χ2n) is 9.77. The molecule has 2 heterocycles. The summed E-state index contributed by atoms with van der Waals surface area (Å²) in [5.74, 6) is -0.847. The maximum absolute atomic E-state index is 14.8. The molecule has 0 saturated heterocycles. The van der Waals surface area contributed by atoms with E-state index in [1.807, 2.05) is 0 Å². The van der Waals surface area contributed by atoms with E-state index in [0.717, 1.165) is 22.9 Å². The van der Waals surface area contributed by atoms with E-state index in [0.29, 0.717) is 22.3 Å². The predicted octanol–water partition coefficient (Wildman–Crippen LogP) is 7.67. The Labute approximate surface area is 259 Å². The predicted molar refractivity (Wildman–Crippen MR) is 151 cm³/mol. The second kappa shape index (κ2) is 13.3. The van der Waals surface area contributed by atoms with Crippen LogP contribution in [0.1, 0.15) is 28.4 Å². The lowest BCUT2D eigenvalue weighted by atomic mass is 9.96. The first-order chi connectivity index (χ1) is 21.6. The molecule has 0 aliphatic carbocycles. The number of alkyl halides is 6. The van der Waals surface area contributed by atoms with E-state index in [-0.39, 0.29) is 39.9 Å². The largest absolute Gasteiger partial charge is 0.573 e. The highest BCUT2D eigenvalue weighted by Gasteiger charge is 2.35. The van der Waals surface area contributed by atoms with Gasteiger partial charge < -0.3 is 14.3 Å². The molecule has 5 rings (SSSR count). The van der Waals surface area contributed by atoms with Gasteiger partial charge >= 0.3 is 24.1 Å². The average Bonchev–Trinajstić information content (AvgIpc) is 3.55. The second-order valence-corrected chi connectivity index (χ2v) is 9.91. The van der Waals surface area contributed by atoms with Gasteiger partial charge in [0.05, 0.1) is 12.3 Å². The minimum Gasteiger partial charge on any atom is -0.440 e. The van der Waals surface area contributed by atoms with E-state index in [4.69, 9.17) is 12.8 Å². The molecule has 5 aromatic rings. The minimum absolute atomic E-state index is 0.0893. The summed E-state index contributed by atoms with van der Waals surface area (Å²) in [5.41, 5.74) is 1.45. The van der Waals surface area contributed by atoms with Crippen LogP contribution in [0, 0.1) is 26.6 Å². The molecular formula is C30H22F7N3O5S. The van der Waals surface area contributed by atoms with Gasteiger partial charge in [-0.15, -0.1) is 13.2 Å². The Morgan fingerprint density at radius 2 is 1.52 bits per heavy atom. The van der Waals surface area contributed by atoms with Crippen molar-refractivity contribution in [3.63, 3.8) is 0 Å². The molecule has 242 valence electrons. The summed E-state index contributed by atoms with van der Waals surface area (Å²) in [6, 6.07) is 13.3. The fourth-order valence-corrected chi connectivity index (χ4v) is 4.70. The zero-order chi connectivity index (χ0) is 34.0. The Kier molecular flexibility index (Phi) is 9.82. The SMILES string of the molecule is Cc1nc(-c2ccc(OC(F)(F)F)cc2)c(-c2cc(-c3cc(C)c(CO)c(F)c3)ccc2-n2nc(C(F)(F)F)cc2C)o1.O=S=O. The van der Waals surface area contributed by atoms with Crippen molar-refractivity contribution in [3.05, 3.63) is 94.9 Å². The van der Waals surface area contributed by atoms with Crippen LogP contribution in [0.2, 0.25) is 0 Å². The molecule has 8 nitrogen and oxygen atoms in total. The van der Waals surface area contributed by atoms with Gasteiger partial charge in [0.2, 0.25) is 0 Å². The minimum atomic E-state index is -4.89. The highest BCUT2D eigenvalue weighted by atomic mass is 32.1. The number of hydrogen-bond acceptors (Lipinski definition) is 7. The monoisotopic (exact) mass is 669 g/mol. The molecule has 0 unspecified atom stereocenters. The van der Waals surface area contributed by atoms with E-state index >= 15 is 0 Å². The lowest BCUT2D eigenvalue weighted by Crippen LogP contribution is -2.16. The van der Waals surface area contributed by atoms with Gasteiger partial charge in [-0.2, -0.15) is 26.7 Å². The van der Waals surface area contributed by atoms with Crippen molar-refractivity contribution in [2.45, 2.75) is 39.9 Å². The first kappa shape index (κ1) is 34.1. The fourth-order valence-electron chi connectivity index (χ4n) is 4.70. The van der Waals surface area contributed by atoms with E-state index in [1.54, 1.807) is 25.1 Å². The van der Waals surface area contributed by atoms with E-state index in [1.165, 1.54) is 38.1 Å². The Bertz CT molecular complexity index is 1890. The Hall–Kier alpha value is -4.83. The Morgan fingerprint density at radius 3 is 2.07 bits per heavy atom. The number of rotatable bonds is 6. The first-order valence-electron chi connectivity index (χ1n) is 13.0. The van der Waals surface area contributed by atoms with Crippen LogP contribution in [0.3, 0.4) is 0 Å². The number of oxazole rings is 1. The van der Waals surface area contributed by atoms with Gasteiger partial charge in [-0.25, -0.2) is 14.1 Å². The molecule has 46 heavy (non-hydrogen) atoms. The summed E-state index contributed by atoms with van der Waals surface area (Å²) in [4.78, 5) is 4.39. The van der Waals surface area contributed by atoms with Crippen molar-refractivity contribution in [2.24, 2.45) is 0 Å². The number of ether oxygens (including phenoxy) is 1. The fraction of sp³-hybridized carbons (Fsp3) is 0.200. The molecule has 0 atom stereocenters. The molecule has 0 bridgehead atoms. The van der Waals surface area contributed by atoms with Crippen LogP contribution in [0.15, 0.2) is 65.1 Å². The third kappa shape index (κ3) is 7.51. The van der Waals surface area contributed by atoms with Gasteiger partial charge in [-0.05, 0) is 79.1 Å². The van der Waals surface area contributed by atoms with Crippen LogP contribution in [-0.2, 0) is 24.4 Å². The van der Waals surface area contributed by atoms with Gasteiger partial charge in [-0.1, -0.05) is 12.1 Å². The maximum Gasteiger partial charge on any atom is 0.573 e. The average molecular weight is 670 g/mol. The summed E-state index contributed by atoms with van der Waals surface area (Å²) < 4.78 is 121. The van der Waals surface area contributed by atoms with Gasteiger partial charge in [0.25, 0.3) is 0 Å². The van der Waals surface area contributed by atoms with Crippen molar-refractivity contribution in [3.8, 4) is 45.1 Å². The molecule has 0 aliphatic rings. The molecule has 16 heteroatoms. The normalized spacial score (nSPS) is 11.6. The number of nitrogens with zero attached hydrogens (tertiary/aromatic N) is 3. The number of benzene rings is 3. The van der Waals surface area contributed by atoms with E-state index < -0.39 is 48.0 Å². The molecule has 0 aliphatic heterocycles. The molecule has 0 fully saturated rings. The van der Waals surface area contributed by atoms with Gasteiger partial charge in [0.1, 0.15) is 17.3 Å². The third-order valence-electron chi connectivity index (χ3n) is 6.65. The number of aliphatic hydroxyl groups is 1. The lowest BCUT2D eigenvalue weighted by molar-refractivity contribution is -0.274. The van der Waals surface area contributed by atoms with Gasteiger partial charge in [-0.3, -0.25) is 0 Å². The molecule has 3 aromatic carbocycles. The Morgan fingerprint density at radius 1 is 0.891 bits per heavy atom. The van der Waals surface area contributed by atoms with E-state index in [9.17, 15) is 35.8 Å². The zero-order valence-electron chi connectivity index (χ0n) is 24.0. The van der Waals surface area contributed by atoms with E-state index in [2.05, 4.69) is 14.8 Å². The number of halogens is 7. The zero-order valence-corrected chi connectivity index (χ0v) is 24.8. The molecular weight excluding hydrogens is 647 g/mol. The van der Waals surface area contributed by atoms with Crippen LogP contribution in [0.5, 0.6) is 5.75 Å². The molecule has 0 saturated carbocycles. The molecule has 0 amide bonds. The van der Waals surface area contributed by atoms with Crippen LogP contribution in [0.4, 0.5) is 30.7 Å². The highest BCUT2D eigenvalue weighted by molar-refractivity contribution is 7.51. The van der Waals surface area contributed by atoms with Crippen molar-refractivity contribution >= 4 is 11.6 Å². The van der Waals surface area contributed by atoms with Crippen LogP contribution in [0.25, 0.3) is 39.4 Å². The summed E-state index contributed by atoms with van der Waals surface area (Å²) in [5, 5.41) is 13.3. The molecule has 2 aromatic heterocycles. The van der Waals surface area contributed by atoms with Crippen LogP contribution < -0.4 is 4.74 Å². The summed E-state index contributed by atoms with van der Waals surface area (Å²) >= 11 is -0.750. The third-order valence-corrected chi connectivity index (χ3v) is 6.65. The number of aromatic nitrogens is 3. The van der Waals surface area contributed by atoms with Gasteiger partial charge in [0.15, 0.2) is 17.3 Å².